The summed E-state index contributed by atoms with van der Waals surface area (Å²) in [5.41, 5.74) is 2.28. The minimum atomic E-state index is 0.585. The molecule has 23 heavy (non-hydrogen) atoms. The van der Waals surface area contributed by atoms with E-state index in [0.717, 1.165) is 42.0 Å². The van der Waals surface area contributed by atoms with E-state index in [9.17, 15) is 0 Å². The number of halogens is 1. The SMILES string of the molecule is CSc1nc(Cl)c(Cc2ccccc2)c(N2CCC(C)CC2)n1. The number of aromatic nitrogens is 2. The summed E-state index contributed by atoms with van der Waals surface area (Å²) in [5.74, 6) is 1.81. The molecule has 0 radical (unpaired) electrons. The van der Waals surface area contributed by atoms with Crippen LogP contribution in [0.5, 0.6) is 0 Å². The minimum Gasteiger partial charge on any atom is -0.356 e. The standard InChI is InChI=1S/C18H22ClN3S/c1-13-8-10-22(11-9-13)17-15(12-14-6-4-3-5-7-14)16(19)20-18(21-17)23-2/h3-7,13H,8-12H2,1-2H3. The molecule has 1 aromatic carbocycles. The van der Waals surface area contributed by atoms with Gasteiger partial charge in [0.2, 0.25) is 0 Å². The molecule has 5 heteroatoms. The van der Waals surface area contributed by atoms with Crippen LogP contribution in [-0.4, -0.2) is 29.3 Å². The Hall–Kier alpha value is -1.26. The van der Waals surface area contributed by atoms with Crippen LogP contribution in [0.4, 0.5) is 5.82 Å². The maximum atomic E-state index is 6.52. The lowest BCUT2D eigenvalue weighted by molar-refractivity contribution is 0.435. The third-order valence-corrected chi connectivity index (χ3v) is 5.26. The second-order valence-electron chi connectivity index (χ2n) is 6.14. The number of piperidine rings is 1. The summed E-state index contributed by atoms with van der Waals surface area (Å²) in [5, 5.41) is 1.34. The van der Waals surface area contributed by atoms with E-state index in [1.807, 2.05) is 12.3 Å². The van der Waals surface area contributed by atoms with Crippen molar-refractivity contribution in [3.8, 4) is 0 Å². The van der Waals surface area contributed by atoms with Gasteiger partial charge in [-0.25, -0.2) is 9.97 Å². The lowest BCUT2D eigenvalue weighted by Gasteiger charge is -2.32. The van der Waals surface area contributed by atoms with Gasteiger partial charge >= 0.3 is 0 Å². The van der Waals surface area contributed by atoms with E-state index in [2.05, 4.69) is 41.1 Å². The molecule has 122 valence electrons. The molecule has 0 bridgehead atoms. The second kappa shape index (κ2) is 7.54. The fraction of sp³-hybridized carbons (Fsp3) is 0.444. The third kappa shape index (κ3) is 3.99. The molecule has 0 atom stereocenters. The number of anilines is 1. The maximum Gasteiger partial charge on any atom is 0.190 e. The van der Waals surface area contributed by atoms with Gasteiger partial charge in [0.15, 0.2) is 5.16 Å². The van der Waals surface area contributed by atoms with Gasteiger partial charge in [0.05, 0.1) is 0 Å². The fourth-order valence-corrected chi connectivity index (χ4v) is 3.59. The Morgan fingerprint density at radius 3 is 2.52 bits per heavy atom. The van der Waals surface area contributed by atoms with Gasteiger partial charge in [-0.05, 0) is 30.6 Å². The van der Waals surface area contributed by atoms with Crippen molar-refractivity contribution in [3.05, 3.63) is 46.6 Å². The smallest absolute Gasteiger partial charge is 0.190 e. The van der Waals surface area contributed by atoms with Gasteiger partial charge in [-0.2, -0.15) is 0 Å². The Morgan fingerprint density at radius 2 is 1.87 bits per heavy atom. The van der Waals surface area contributed by atoms with E-state index in [0.29, 0.717) is 5.15 Å². The van der Waals surface area contributed by atoms with E-state index in [1.54, 1.807) is 11.8 Å². The Labute approximate surface area is 147 Å². The highest BCUT2D eigenvalue weighted by Gasteiger charge is 2.22. The molecule has 3 nitrogen and oxygen atoms in total. The van der Waals surface area contributed by atoms with Crippen LogP contribution >= 0.6 is 23.4 Å². The van der Waals surface area contributed by atoms with Crippen molar-refractivity contribution >= 4 is 29.2 Å². The van der Waals surface area contributed by atoms with Gasteiger partial charge in [-0.3, -0.25) is 0 Å². The molecule has 1 aliphatic heterocycles. The van der Waals surface area contributed by atoms with Crippen LogP contribution in [0.1, 0.15) is 30.9 Å². The average molecular weight is 348 g/mol. The number of hydrogen-bond donors (Lipinski definition) is 0. The van der Waals surface area contributed by atoms with Crippen LogP contribution in [0.2, 0.25) is 5.15 Å². The number of nitrogens with zero attached hydrogens (tertiary/aromatic N) is 3. The summed E-state index contributed by atoms with van der Waals surface area (Å²) in [6, 6.07) is 10.4. The van der Waals surface area contributed by atoms with E-state index in [1.165, 1.54) is 18.4 Å². The van der Waals surface area contributed by atoms with E-state index < -0.39 is 0 Å². The van der Waals surface area contributed by atoms with Crippen molar-refractivity contribution in [2.75, 3.05) is 24.2 Å². The quantitative estimate of drug-likeness (QED) is 0.456. The average Bonchev–Trinajstić information content (AvgIpc) is 2.58. The predicted molar refractivity (Wildman–Crippen MR) is 98.7 cm³/mol. The highest BCUT2D eigenvalue weighted by Crippen LogP contribution is 2.31. The maximum absolute atomic E-state index is 6.52. The first-order chi connectivity index (χ1) is 11.2. The molecule has 2 aromatic rings. The van der Waals surface area contributed by atoms with E-state index in [4.69, 9.17) is 16.6 Å². The van der Waals surface area contributed by atoms with Crippen molar-refractivity contribution in [3.63, 3.8) is 0 Å². The molecule has 0 aliphatic carbocycles. The van der Waals surface area contributed by atoms with Crippen LogP contribution in [-0.2, 0) is 6.42 Å². The minimum absolute atomic E-state index is 0.585. The zero-order valence-corrected chi connectivity index (χ0v) is 15.2. The van der Waals surface area contributed by atoms with Crippen molar-refractivity contribution in [1.82, 2.24) is 9.97 Å². The highest BCUT2D eigenvalue weighted by molar-refractivity contribution is 7.98. The third-order valence-electron chi connectivity index (χ3n) is 4.40. The summed E-state index contributed by atoms with van der Waals surface area (Å²) >= 11 is 8.06. The summed E-state index contributed by atoms with van der Waals surface area (Å²) in [7, 11) is 0. The van der Waals surface area contributed by atoms with Crippen LogP contribution in [0, 0.1) is 5.92 Å². The molecular weight excluding hydrogens is 326 g/mol. The first-order valence-corrected chi connectivity index (χ1v) is 9.67. The molecule has 1 aliphatic rings. The Morgan fingerprint density at radius 1 is 1.17 bits per heavy atom. The Bertz CT molecular complexity index is 655. The lowest BCUT2D eigenvalue weighted by Crippen LogP contribution is -2.34. The van der Waals surface area contributed by atoms with Crippen molar-refractivity contribution in [2.24, 2.45) is 5.92 Å². The van der Waals surface area contributed by atoms with E-state index >= 15 is 0 Å². The van der Waals surface area contributed by atoms with Crippen LogP contribution in [0.3, 0.4) is 0 Å². The summed E-state index contributed by atoms with van der Waals surface area (Å²) in [4.78, 5) is 11.6. The molecule has 0 amide bonds. The monoisotopic (exact) mass is 347 g/mol. The number of hydrogen-bond acceptors (Lipinski definition) is 4. The molecule has 2 heterocycles. The predicted octanol–water partition coefficient (Wildman–Crippen LogP) is 4.68. The Balaban J connectivity index is 1.96. The molecule has 1 fully saturated rings. The van der Waals surface area contributed by atoms with Gasteiger partial charge in [-0.15, -0.1) is 0 Å². The molecule has 0 unspecified atom stereocenters. The van der Waals surface area contributed by atoms with Crippen LogP contribution < -0.4 is 4.90 Å². The summed E-state index contributed by atoms with van der Waals surface area (Å²) in [6.45, 7) is 4.41. The molecule has 1 saturated heterocycles. The van der Waals surface area contributed by atoms with Gasteiger partial charge < -0.3 is 4.90 Å². The van der Waals surface area contributed by atoms with Gasteiger partial charge in [0, 0.05) is 25.1 Å². The molecule has 1 aromatic heterocycles. The topological polar surface area (TPSA) is 29.0 Å². The van der Waals surface area contributed by atoms with Crippen molar-refractivity contribution in [1.29, 1.82) is 0 Å². The zero-order chi connectivity index (χ0) is 16.2. The molecule has 0 saturated carbocycles. The van der Waals surface area contributed by atoms with Crippen LogP contribution in [0.15, 0.2) is 35.5 Å². The first kappa shape index (κ1) is 16.6. The highest BCUT2D eigenvalue weighted by atomic mass is 35.5. The number of rotatable bonds is 4. The van der Waals surface area contributed by atoms with Crippen molar-refractivity contribution in [2.45, 2.75) is 31.3 Å². The fourth-order valence-electron chi connectivity index (χ4n) is 2.95. The summed E-state index contributed by atoms with van der Waals surface area (Å²) in [6.07, 6.45) is 5.18. The molecule has 3 rings (SSSR count). The zero-order valence-electron chi connectivity index (χ0n) is 13.6. The first-order valence-electron chi connectivity index (χ1n) is 8.06. The molecule has 0 spiro atoms. The number of benzene rings is 1. The van der Waals surface area contributed by atoms with Gasteiger partial charge in [0.1, 0.15) is 11.0 Å². The van der Waals surface area contributed by atoms with E-state index in [-0.39, 0.29) is 0 Å². The number of thioether (sulfide) groups is 1. The van der Waals surface area contributed by atoms with Gasteiger partial charge in [0.25, 0.3) is 0 Å². The summed E-state index contributed by atoms with van der Waals surface area (Å²) < 4.78 is 0. The lowest BCUT2D eigenvalue weighted by atomic mass is 9.98. The Kier molecular flexibility index (Phi) is 5.44. The second-order valence-corrected chi connectivity index (χ2v) is 7.27. The van der Waals surface area contributed by atoms with Crippen molar-refractivity contribution < 1.29 is 0 Å². The molecular formula is C18H22ClN3S. The largest absolute Gasteiger partial charge is 0.356 e. The normalized spacial score (nSPS) is 15.9. The molecule has 0 N–H and O–H groups in total. The van der Waals surface area contributed by atoms with Crippen LogP contribution in [0.25, 0.3) is 0 Å². The van der Waals surface area contributed by atoms with Gasteiger partial charge in [-0.1, -0.05) is 60.6 Å².